The molecule has 1 fully saturated rings. The Morgan fingerprint density at radius 1 is 1.12 bits per heavy atom. The quantitative estimate of drug-likeness (QED) is 0.858. The van der Waals surface area contributed by atoms with E-state index in [0.717, 1.165) is 0 Å². The summed E-state index contributed by atoms with van der Waals surface area (Å²) in [5.74, 6) is -0.117. The third-order valence-corrected chi connectivity index (χ3v) is 3.55. The fourth-order valence-electron chi connectivity index (χ4n) is 2.41. The van der Waals surface area contributed by atoms with Crippen LogP contribution in [0, 0.1) is 0 Å². The van der Waals surface area contributed by atoms with E-state index in [4.69, 9.17) is 4.74 Å². The van der Waals surface area contributed by atoms with Crippen LogP contribution in [0.3, 0.4) is 0 Å². The average molecular weight is 333 g/mol. The van der Waals surface area contributed by atoms with Crippen molar-refractivity contribution in [2.75, 3.05) is 31.5 Å². The van der Waals surface area contributed by atoms with Crippen molar-refractivity contribution in [2.45, 2.75) is 26.4 Å². The molecule has 24 heavy (non-hydrogen) atoms. The van der Waals surface area contributed by atoms with Gasteiger partial charge in [-0.2, -0.15) is 0 Å². The Bertz CT molecular complexity index is 617. The first-order chi connectivity index (χ1) is 11.3. The number of carbonyl (C=O) groups is 3. The molecule has 0 atom stereocenters. The molecule has 0 saturated carbocycles. The van der Waals surface area contributed by atoms with E-state index in [1.807, 2.05) is 20.8 Å². The van der Waals surface area contributed by atoms with Crippen molar-refractivity contribution in [3.8, 4) is 0 Å². The van der Waals surface area contributed by atoms with Crippen LogP contribution in [0.15, 0.2) is 24.3 Å². The topological polar surface area (TPSA) is 79.0 Å². The minimum atomic E-state index is -0.532. The van der Waals surface area contributed by atoms with E-state index in [1.54, 1.807) is 34.1 Å². The van der Waals surface area contributed by atoms with Crippen molar-refractivity contribution < 1.29 is 19.1 Å². The van der Waals surface area contributed by atoms with Crippen LogP contribution >= 0.6 is 0 Å². The minimum absolute atomic E-state index is 0.117. The Hall–Kier alpha value is -2.57. The summed E-state index contributed by atoms with van der Waals surface area (Å²) in [7, 11) is 0. The summed E-state index contributed by atoms with van der Waals surface area (Å²) in [6, 6.07) is 6.77. The largest absolute Gasteiger partial charge is 0.444 e. The average Bonchev–Trinajstić information content (AvgIpc) is 2.53. The third kappa shape index (κ3) is 4.71. The molecule has 1 aliphatic heterocycles. The lowest BCUT2D eigenvalue weighted by Gasteiger charge is -2.35. The second-order valence-electron chi connectivity index (χ2n) is 6.60. The van der Waals surface area contributed by atoms with Crippen LogP contribution in [0.5, 0.6) is 0 Å². The molecule has 0 bridgehead atoms. The lowest BCUT2D eigenvalue weighted by molar-refractivity contribution is -0.105. The summed E-state index contributed by atoms with van der Waals surface area (Å²) in [6.07, 6.45) is 0.218. The van der Waals surface area contributed by atoms with Crippen LogP contribution in [0.4, 0.5) is 10.5 Å². The monoisotopic (exact) mass is 333 g/mol. The summed E-state index contributed by atoms with van der Waals surface area (Å²) in [4.78, 5) is 38.4. The van der Waals surface area contributed by atoms with Crippen molar-refractivity contribution in [2.24, 2.45) is 0 Å². The van der Waals surface area contributed by atoms with Crippen LogP contribution < -0.4 is 5.32 Å². The number of nitrogens with one attached hydrogen (secondary N) is 1. The van der Waals surface area contributed by atoms with Crippen LogP contribution in [-0.4, -0.2) is 60.0 Å². The highest BCUT2D eigenvalue weighted by Crippen LogP contribution is 2.15. The van der Waals surface area contributed by atoms with Gasteiger partial charge in [-0.25, -0.2) is 4.79 Å². The maximum atomic E-state index is 12.5. The molecule has 1 aliphatic rings. The molecule has 1 aromatic carbocycles. The summed E-state index contributed by atoms with van der Waals surface area (Å²) < 4.78 is 5.34. The number of anilines is 1. The third-order valence-electron chi connectivity index (χ3n) is 3.55. The second kappa shape index (κ2) is 7.33. The van der Waals surface area contributed by atoms with Gasteiger partial charge >= 0.3 is 6.09 Å². The molecule has 0 radical (unpaired) electrons. The number of benzene rings is 1. The molecule has 0 aliphatic carbocycles. The van der Waals surface area contributed by atoms with Gasteiger partial charge in [0.15, 0.2) is 0 Å². The van der Waals surface area contributed by atoms with Gasteiger partial charge < -0.3 is 19.9 Å². The summed E-state index contributed by atoms with van der Waals surface area (Å²) in [5, 5.41) is 2.53. The number of amides is 3. The maximum Gasteiger partial charge on any atom is 0.410 e. The van der Waals surface area contributed by atoms with E-state index < -0.39 is 5.60 Å². The van der Waals surface area contributed by atoms with E-state index in [0.29, 0.717) is 43.8 Å². The fourth-order valence-corrected chi connectivity index (χ4v) is 2.41. The molecule has 130 valence electrons. The van der Waals surface area contributed by atoms with Crippen LogP contribution in [0.1, 0.15) is 31.1 Å². The molecule has 1 saturated heterocycles. The van der Waals surface area contributed by atoms with Crippen LogP contribution in [0.2, 0.25) is 0 Å². The van der Waals surface area contributed by atoms with Gasteiger partial charge in [-0.05, 0) is 39.0 Å². The molecule has 1 N–H and O–H groups in total. The van der Waals surface area contributed by atoms with Crippen LogP contribution in [-0.2, 0) is 9.53 Å². The Morgan fingerprint density at radius 3 is 2.33 bits per heavy atom. The SMILES string of the molecule is CC(C)(C)OC(=O)N1CCN(C(=O)c2cccc(NC=O)c2)CC1. The lowest BCUT2D eigenvalue weighted by atomic mass is 10.1. The molecular formula is C17H23N3O4. The van der Waals surface area contributed by atoms with Gasteiger partial charge in [0.2, 0.25) is 6.41 Å². The number of nitrogens with zero attached hydrogens (tertiary/aromatic N) is 2. The van der Waals surface area contributed by atoms with E-state index >= 15 is 0 Å². The first-order valence-corrected chi connectivity index (χ1v) is 7.87. The highest BCUT2D eigenvalue weighted by atomic mass is 16.6. The normalized spacial score (nSPS) is 15.0. The van der Waals surface area contributed by atoms with Gasteiger partial charge in [-0.1, -0.05) is 6.07 Å². The number of hydrogen-bond donors (Lipinski definition) is 1. The van der Waals surface area contributed by atoms with Gasteiger partial charge in [0.25, 0.3) is 5.91 Å². The molecule has 7 heteroatoms. The summed E-state index contributed by atoms with van der Waals surface area (Å²) in [5.41, 5.74) is 0.548. The van der Waals surface area contributed by atoms with Crippen molar-refractivity contribution in [1.29, 1.82) is 0 Å². The Kier molecular flexibility index (Phi) is 5.43. The molecule has 0 spiro atoms. The van der Waals surface area contributed by atoms with Gasteiger partial charge in [0.1, 0.15) is 5.60 Å². The Labute approximate surface area is 141 Å². The fraction of sp³-hybridized carbons (Fsp3) is 0.471. The molecule has 0 aromatic heterocycles. The van der Waals surface area contributed by atoms with E-state index in [1.165, 1.54) is 0 Å². The molecule has 7 nitrogen and oxygen atoms in total. The first-order valence-electron chi connectivity index (χ1n) is 7.87. The van der Waals surface area contributed by atoms with E-state index in [9.17, 15) is 14.4 Å². The van der Waals surface area contributed by atoms with Crippen molar-refractivity contribution >= 4 is 24.1 Å². The summed E-state index contributed by atoms with van der Waals surface area (Å²) in [6.45, 7) is 7.24. The zero-order valence-electron chi connectivity index (χ0n) is 14.2. The highest BCUT2D eigenvalue weighted by molar-refractivity contribution is 5.95. The highest BCUT2D eigenvalue weighted by Gasteiger charge is 2.28. The summed E-state index contributed by atoms with van der Waals surface area (Å²) >= 11 is 0. The van der Waals surface area contributed by atoms with Crippen LogP contribution in [0.25, 0.3) is 0 Å². The predicted octanol–water partition coefficient (Wildman–Crippen LogP) is 1.95. The van der Waals surface area contributed by atoms with Gasteiger partial charge in [-0.3, -0.25) is 9.59 Å². The van der Waals surface area contributed by atoms with Gasteiger partial charge in [-0.15, -0.1) is 0 Å². The number of piperazine rings is 1. The number of ether oxygens (including phenoxy) is 1. The first kappa shape index (κ1) is 17.8. The smallest absolute Gasteiger partial charge is 0.410 e. The number of rotatable bonds is 3. The molecule has 3 amide bonds. The molecule has 1 heterocycles. The molecule has 2 rings (SSSR count). The Morgan fingerprint density at radius 2 is 1.75 bits per heavy atom. The predicted molar refractivity (Wildman–Crippen MR) is 89.8 cm³/mol. The maximum absolute atomic E-state index is 12.5. The molecule has 1 aromatic rings. The molecular weight excluding hydrogens is 310 g/mol. The lowest BCUT2D eigenvalue weighted by Crippen LogP contribution is -2.51. The van der Waals surface area contributed by atoms with Crippen molar-refractivity contribution in [3.05, 3.63) is 29.8 Å². The zero-order valence-corrected chi connectivity index (χ0v) is 14.2. The van der Waals surface area contributed by atoms with Gasteiger partial charge in [0, 0.05) is 37.4 Å². The van der Waals surface area contributed by atoms with E-state index in [2.05, 4.69) is 5.32 Å². The zero-order chi connectivity index (χ0) is 17.7. The van der Waals surface area contributed by atoms with E-state index in [-0.39, 0.29) is 12.0 Å². The van der Waals surface area contributed by atoms with Crippen molar-refractivity contribution in [3.63, 3.8) is 0 Å². The second-order valence-corrected chi connectivity index (χ2v) is 6.60. The number of hydrogen-bond acceptors (Lipinski definition) is 4. The minimum Gasteiger partial charge on any atom is -0.444 e. The van der Waals surface area contributed by atoms with Gasteiger partial charge in [0.05, 0.1) is 0 Å². The molecule has 0 unspecified atom stereocenters. The number of carbonyl (C=O) groups excluding carboxylic acids is 3. The standard InChI is InChI=1S/C17H23N3O4/c1-17(2,3)24-16(23)20-9-7-19(8-10-20)15(22)13-5-4-6-14(11-13)18-12-21/h4-6,11-12H,7-10H2,1-3H3,(H,18,21). The Balaban J connectivity index is 1.94. The van der Waals surface area contributed by atoms with Crippen molar-refractivity contribution in [1.82, 2.24) is 9.80 Å².